The summed E-state index contributed by atoms with van der Waals surface area (Å²) in [4.78, 5) is 12.0. The second-order valence-electron chi connectivity index (χ2n) is 5.03. The lowest BCUT2D eigenvalue weighted by atomic mass is 10.2. The Balaban J connectivity index is 2.34. The molecule has 1 rings (SSSR count). The third-order valence-corrected chi connectivity index (χ3v) is 3.08. The molecule has 0 aliphatic rings. The predicted molar refractivity (Wildman–Crippen MR) is 84.9 cm³/mol. The molecule has 21 heavy (non-hydrogen) atoms. The highest BCUT2D eigenvalue weighted by molar-refractivity contribution is 6.30. The Kier molecular flexibility index (Phi) is 8.16. The van der Waals surface area contributed by atoms with Crippen LogP contribution in [0.5, 0.6) is 5.75 Å². The van der Waals surface area contributed by atoms with E-state index < -0.39 is 6.10 Å². The molecule has 0 unspecified atom stereocenters. The number of carbonyl (C=O) groups is 1. The number of hydrogen-bond donors (Lipinski definition) is 1. The summed E-state index contributed by atoms with van der Waals surface area (Å²) in [6, 6.07) is 7.00. The van der Waals surface area contributed by atoms with Gasteiger partial charge in [-0.2, -0.15) is 0 Å². The molecule has 118 valence electrons. The number of rotatable bonds is 9. The minimum Gasteiger partial charge on any atom is -0.481 e. The summed E-state index contributed by atoms with van der Waals surface area (Å²) in [5.41, 5.74) is 0. The number of hydrogen-bond acceptors (Lipinski definition) is 3. The first-order valence-corrected chi connectivity index (χ1v) is 7.72. The highest BCUT2D eigenvalue weighted by Gasteiger charge is 2.17. The first-order chi connectivity index (χ1) is 10.0. The van der Waals surface area contributed by atoms with Gasteiger partial charge in [0.05, 0.1) is 6.10 Å². The molecule has 0 saturated carbocycles. The Morgan fingerprint density at radius 2 is 1.95 bits per heavy atom. The van der Waals surface area contributed by atoms with Crippen molar-refractivity contribution in [3.8, 4) is 5.75 Å². The number of carbonyl (C=O) groups excluding carboxylic acids is 1. The van der Waals surface area contributed by atoms with Crippen molar-refractivity contribution in [1.29, 1.82) is 0 Å². The molecule has 0 aliphatic carbocycles. The van der Waals surface area contributed by atoms with Crippen LogP contribution in [0, 0.1) is 0 Å². The largest absolute Gasteiger partial charge is 0.481 e. The van der Waals surface area contributed by atoms with E-state index in [-0.39, 0.29) is 12.0 Å². The Bertz CT molecular complexity index is 420. The van der Waals surface area contributed by atoms with E-state index in [9.17, 15) is 4.79 Å². The van der Waals surface area contributed by atoms with Crippen molar-refractivity contribution in [3.05, 3.63) is 29.3 Å². The van der Waals surface area contributed by atoms with E-state index in [2.05, 4.69) is 5.32 Å². The molecule has 0 radical (unpaired) electrons. The summed E-state index contributed by atoms with van der Waals surface area (Å²) >= 11 is 5.82. The fraction of sp³-hybridized carbons (Fsp3) is 0.562. The molecule has 0 fully saturated rings. The van der Waals surface area contributed by atoms with E-state index >= 15 is 0 Å². The Morgan fingerprint density at radius 1 is 1.29 bits per heavy atom. The molecule has 0 aliphatic heterocycles. The van der Waals surface area contributed by atoms with Crippen molar-refractivity contribution < 1.29 is 14.3 Å². The molecule has 1 N–H and O–H groups in total. The van der Waals surface area contributed by atoms with Crippen LogP contribution >= 0.6 is 11.6 Å². The summed E-state index contributed by atoms with van der Waals surface area (Å²) in [6.45, 7) is 7.14. The van der Waals surface area contributed by atoms with Gasteiger partial charge < -0.3 is 14.8 Å². The van der Waals surface area contributed by atoms with E-state index in [1.165, 1.54) is 0 Å². The van der Waals surface area contributed by atoms with Crippen molar-refractivity contribution in [2.75, 3.05) is 13.2 Å². The number of halogens is 1. The van der Waals surface area contributed by atoms with E-state index in [0.717, 1.165) is 6.42 Å². The van der Waals surface area contributed by atoms with Gasteiger partial charge in [-0.1, -0.05) is 18.5 Å². The highest BCUT2D eigenvalue weighted by Crippen LogP contribution is 2.17. The van der Waals surface area contributed by atoms with Crippen molar-refractivity contribution in [2.45, 2.75) is 45.8 Å². The maximum Gasteiger partial charge on any atom is 0.261 e. The van der Waals surface area contributed by atoms with E-state index in [1.807, 2.05) is 20.8 Å². The normalized spacial score (nSPS) is 12.2. The topological polar surface area (TPSA) is 47.6 Å². The van der Waals surface area contributed by atoms with Crippen LogP contribution in [-0.4, -0.2) is 31.3 Å². The van der Waals surface area contributed by atoms with Gasteiger partial charge >= 0.3 is 0 Å². The van der Waals surface area contributed by atoms with Gasteiger partial charge in [-0.3, -0.25) is 4.79 Å². The molecule has 1 amide bonds. The number of nitrogens with one attached hydrogen (secondary N) is 1. The third kappa shape index (κ3) is 7.34. The van der Waals surface area contributed by atoms with Crippen LogP contribution in [0.25, 0.3) is 0 Å². The monoisotopic (exact) mass is 313 g/mol. The lowest BCUT2D eigenvalue weighted by molar-refractivity contribution is -0.128. The molecule has 0 aromatic heterocycles. The second-order valence-corrected chi connectivity index (χ2v) is 5.47. The lowest BCUT2D eigenvalue weighted by Crippen LogP contribution is -2.38. The average Bonchev–Trinajstić information content (AvgIpc) is 2.45. The molecule has 1 aromatic carbocycles. The molecule has 0 spiro atoms. The Labute approximate surface area is 131 Å². The van der Waals surface area contributed by atoms with Crippen LogP contribution in [0.4, 0.5) is 0 Å². The van der Waals surface area contributed by atoms with Crippen LogP contribution in [0.15, 0.2) is 24.3 Å². The standard InChI is InChI=1S/C16H24ClNO3/c1-4-15(21-14-8-6-13(17)7-9-14)16(19)18-10-5-11-20-12(2)3/h6-9,12,15H,4-5,10-11H2,1-3H3,(H,18,19)/t15-/m1/s1. The van der Waals surface area contributed by atoms with Gasteiger partial charge in [0, 0.05) is 18.2 Å². The summed E-state index contributed by atoms with van der Waals surface area (Å²) in [5.74, 6) is 0.543. The second kappa shape index (κ2) is 9.64. The molecule has 0 bridgehead atoms. The van der Waals surface area contributed by atoms with Crippen LogP contribution in [0.3, 0.4) is 0 Å². The average molecular weight is 314 g/mol. The quantitative estimate of drug-likeness (QED) is 0.711. The number of amides is 1. The van der Waals surface area contributed by atoms with Gasteiger partial charge in [0.25, 0.3) is 5.91 Å². The smallest absolute Gasteiger partial charge is 0.261 e. The highest BCUT2D eigenvalue weighted by atomic mass is 35.5. The summed E-state index contributed by atoms with van der Waals surface area (Å²) < 4.78 is 11.1. The first-order valence-electron chi connectivity index (χ1n) is 7.34. The summed E-state index contributed by atoms with van der Waals surface area (Å²) in [5, 5.41) is 3.51. The van der Waals surface area contributed by atoms with Gasteiger partial charge in [0.15, 0.2) is 6.10 Å². The van der Waals surface area contributed by atoms with Gasteiger partial charge in [-0.05, 0) is 51.0 Å². The zero-order valence-corrected chi connectivity index (χ0v) is 13.7. The van der Waals surface area contributed by atoms with E-state index in [4.69, 9.17) is 21.1 Å². The Morgan fingerprint density at radius 3 is 2.52 bits per heavy atom. The minimum absolute atomic E-state index is 0.100. The molecule has 4 nitrogen and oxygen atoms in total. The number of ether oxygens (including phenoxy) is 2. The van der Waals surface area contributed by atoms with E-state index in [1.54, 1.807) is 24.3 Å². The number of benzene rings is 1. The summed E-state index contributed by atoms with van der Waals surface area (Å²) in [6.07, 6.45) is 1.13. The molecular weight excluding hydrogens is 290 g/mol. The molecule has 1 aromatic rings. The summed E-state index contributed by atoms with van der Waals surface area (Å²) in [7, 11) is 0. The maximum atomic E-state index is 12.0. The van der Waals surface area contributed by atoms with Crippen LogP contribution in [0.2, 0.25) is 5.02 Å². The van der Waals surface area contributed by atoms with E-state index in [0.29, 0.717) is 30.3 Å². The molecule has 5 heteroatoms. The first kappa shape index (κ1) is 17.8. The van der Waals surface area contributed by atoms with Crippen molar-refractivity contribution >= 4 is 17.5 Å². The van der Waals surface area contributed by atoms with Crippen LogP contribution in [0.1, 0.15) is 33.6 Å². The SMILES string of the molecule is CC[C@@H](Oc1ccc(Cl)cc1)C(=O)NCCCOC(C)C. The van der Waals surface area contributed by atoms with Crippen molar-refractivity contribution in [3.63, 3.8) is 0 Å². The third-order valence-electron chi connectivity index (χ3n) is 2.83. The van der Waals surface area contributed by atoms with Gasteiger partial charge in [0.2, 0.25) is 0 Å². The predicted octanol–water partition coefficient (Wildman–Crippen LogP) is 3.43. The Hall–Kier alpha value is -1.26. The van der Waals surface area contributed by atoms with Crippen LogP contribution in [-0.2, 0) is 9.53 Å². The maximum absolute atomic E-state index is 12.0. The zero-order valence-electron chi connectivity index (χ0n) is 12.9. The van der Waals surface area contributed by atoms with Crippen molar-refractivity contribution in [1.82, 2.24) is 5.32 Å². The fourth-order valence-electron chi connectivity index (χ4n) is 1.72. The van der Waals surface area contributed by atoms with Crippen molar-refractivity contribution in [2.24, 2.45) is 0 Å². The lowest BCUT2D eigenvalue weighted by Gasteiger charge is -2.17. The van der Waals surface area contributed by atoms with Gasteiger partial charge in [-0.25, -0.2) is 0 Å². The zero-order chi connectivity index (χ0) is 15.7. The molecule has 0 heterocycles. The minimum atomic E-state index is -0.489. The molecule has 0 saturated heterocycles. The molecular formula is C16H24ClNO3. The van der Waals surface area contributed by atoms with Crippen LogP contribution < -0.4 is 10.1 Å². The fourth-order valence-corrected chi connectivity index (χ4v) is 1.84. The van der Waals surface area contributed by atoms with Gasteiger partial charge in [0.1, 0.15) is 5.75 Å². The molecule has 1 atom stereocenters. The van der Waals surface area contributed by atoms with Gasteiger partial charge in [-0.15, -0.1) is 0 Å².